The molecule has 4 aromatic rings. The first kappa shape index (κ1) is 27.2. The Morgan fingerprint density at radius 2 is 1.65 bits per heavy atom. The van der Waals surface area contributed by atoms with Crippen molar-refractivity contribution < 1.29 is 0 Å². The molecule has 0 bridgehead atoms. The highest BCUT2D eigenvalue weighted by atomic mass is 35.5. The van der Waals surface area contributed by atoms with E-state index in [1.165, 1.54) is 5.57 Å². The second-order valence-electron chi connectivity index (χ2n) is 10.4. The molecule has 2 heterocycles. The molecular formula is C36H34ClN3. The summed E-state index contributed by atoms with van der Waals surface area (Å²) < 4.78 is 0. The molecule has 0 radical (unpaired) electrons. The average Bonchev–Trinajstić information content (AvgIpc) is 3.14. The average molecular weight is 544 g/mol. The number of anilines is 2. The molecule has 0 unspecified atom stereocenters. The highest BCUT2D eigenvalue weighted by molar-refractivity contribution is 6.32. The predicted molar refractivity (Wildman–Crippen MR) is 174 cm³/mol. The Morgan fingerprint density at radius 3 is 2.38 bits per heavy atom. The standard InChI is InChI=1S/C36H34ClN3/c1-23(2)29-13-16-33(35(37)21-29)30-17-18-40(36-10-8-7-9-31(36)20-30)27(6)28-11-14-32(15-12-28)39-26(5)34-19-24(3)22-38-25(34)4/h7-16,19-22,39H,1,5-6,17-18H2,2-4H3. The van der Waals surface area contributed by atoms with Crippen molar-refractivity contribution in [2.45, 2.75) is 27.2 Å². The van der Waals surface area contributed by atoms with Crippen molar-refractivity contribution in [1.82, 2.24) is 4.98 Å². The number of rotatable bonds is 7. The van der Waals surface area contributed by atoms with Crippen LogP contribution in [0.1, 0.15) is 52.4 Å². The zero-order chi connectivity index (χ0) is 28.4. The SMILES string of the molecule is C=C(C)c1ccc(C2=Cc3ccccc3N(C(=C)c3ccc(NC(=C)c4cc(C)cnc4C)cc3)CC2)c(Cl)c1. The zero-order valence-corrected chi connectivity index (χ0v) is 24.1. The molecule has 0 saturated carbocycles. The minimum Gasteiger partial charge on any atom is -0.355 e. The Balaban J connectivity index is 1.37. The van der Waals surface area contributed by atoms with Gasteiger partial charge in [-0.1, -0.05) is 79.4 Å². The van der Waals surface area contributed by atoms with Gasteiger partial charge in [-0.2, -0.15) is 0 Å². The molecule has 3 nitrogen and oxygen atoms in total. The van der Waals surface area contributed by atoms with E-state index < -0.39 is 0 Å². The quantitative estimate of drug-likeness (QED) is 0.251. The van der Waals surface area contributed by atoms with E-state index in [-0.39, 0.29) is 0 Å². The van der Waals surface area contributed by atoms with Crippen LogP contribution >= 0.6 is 11.6 Å². The lowest BCUT2D eigenvalue weighted by molar-refractivity contribution is 0.967. The van der Waals surface area contributed by atoms with Crippen LogP contribution in [0.3, 0.4) is 0 Å². The van der Waals surface area contributed by atoms with Gasteiger partial charge in [0.15, 0.2) is 0 Å². The fraction of sp³-hybridized carbons (Fsp3) is 0.139. The van der Waals surface area contributed by atoms with Gasteiger partial charge in [-0.25, -0.2) is 0 Å². The molecule has 1 aliphatic heterocycles. The minimum absolute atomic E-state index is 0.748. The molecule has 0 saturated heterocycles. The summed E-state index contributed by atoms with van der Waals surface area (Å²) in [5.41, 5.74) is 13.5. The number of hydrogen-bond acceptors (Lipinski definition) is 3. The first-order chi connectivity index (χ1) is 19.2. The van der Waals surface area contributed by atoms with E-state index >= 15 is 0 Å². The number of aromatic nitrogens is 1. The highest BCUT2D eigenvalue weighted by Crippen LogP contribution is 2.38. The summed E-state index contributed by atoms with van der Waals surface area (Å²) in [4.78, 5) is 6.77. The third-order valence-corrected chi connectivity index (χ3v) is 7.67. The van der Waals surface area contributed by atoms with Crippen molar-refractivity contribution in [2.24, 2.45) is 0 Å². The topological polar surface area (TPSA) is 28.2 Å². The smallest absolute Gasteiger partial charge is 0.0487 e. The number of nitrogens with zero attached hydrogens (tertiary/aromatic N) is 2. The Morgan fingerprint density at radius 1 is 0.925 bits per heavy atom. The van der Waals surface area contributed by atoms with Crippen molar-refractivity contribution in [3.63, 3.8) is 0 Å². The second kappa shape index (κ2) is 11.4. The normalized spacial score (nSPS) is 12.7. The lowest BCUT2D eigenvalue weighted by Crippen LogP contribution is -2.22. The van der Waals surface area contributed by atoms with Crippen LogP contribution < -0.4 is 10.2 Å². The molecule has 40 heavy (non-hydrogen) atoms. The van der Waals surface area contributed by atoms with Gasteiger partial charge in [0.2, 0.25) is 0 Å². The summed E-state index contributed by atoms with van der Waals surface area (Å²) in [7, 11) is 0. The Labute approximate surface area is 242 Å². The van der Waals surface area contributed by atoms with E-state index in [9.17, 15) is 0 Å². The van der Waals surface area contributed by atoms with Crippen LogP contribution in [0.5, 0.6) is 0 Å². The maximum atomic E-state index is 6.76. The molecular weight excluding hydrogens is 510 g/mol. The van der Waals surface area contributed by atoms with Gasteiger partial charge < -0.3 is 10.2 Å². The van der Waals surface area contributed by atoms with Crippen molar-refractivity contribution in [2.75, 3.05) is 16.8 Å². The van der Waals surface area contributed by atoms with Crippen LogP contribution in [0, 0.1) is 13.8 Å². The lowest BCUT2D eigenvalue weighted by atomic mass is 9.98. The number of halogens is 1. The van der Waals surface area contributed by atoms with Crippen LogP contribution in [-0.2, 0) is 0 Å². The van der Waals surface area contributed by atoms with E-state index in [4.69, 9.17) is 11.6 Å². The fourth-order valence-corrected chi connectivity index (χ4v) is 5.39. The number of para-hydroxylation sites is 1. The van der Waals surface area contributed by atoms with Crippen molar-refractivity contribution >= 4 is 51.6 Å². The van der Waals surface area contributed by atoms with Gasteiger partial charge in [0.1, 0.15) is 0 Å². The van der Waals surface area contributed by atoms with Gasteiger partial charge in [0.05, 0.1) is 0 Å². The minimum atomic E-state index is 0.748. The van der Waals surface area contributed by atoms with Crippen LogP contribution in [-0.4, -0.2) is 11.5 Å². The van der Waals surface area contributed by atoms with E-state index in [1.54, 1.807) is 0 Å². The summed E-state index contributed by atoms with van der Waals surface area (Å²) in [6.07, 6.45) is 4.97. The van der Waals surface area contributed by atoms with Crippen LogP contribution in [0.15, 0.2) is 98.7 Å². The first-order valence-electron chi connectivity index (χ1n) is 13.4. The Kier molecular flexibility index (Phi) is 7.77. The second-order valence-corrected chi connectivity index (χ2v) is 10.8. The Bertz CT molecular complexity index is 1660. The van der Waals surface area contributed by atoms with Gasteiger partial charge >= 0.3 is 0 Å². The van der Waals surface area contributed by atoms with E-state index in [1.807, 2.05) is 33.0 Å². The number of nitrogens with one attached hydrogen (secondary N) is 1. The number of aryl methyl sites for hydroxylation is 2. The zero-order valence-electron chi connectivity index (χ0n) is 23.4. The fourth-order valence-electron chi connectivity index (χ4n) is 5.09. The number of fused-ring (bicyclic) bond motifs is 1. The van der Waals surface area contributed by atoms with E-state index in [2.05, 4.69) is 108 Å². The summed E-state index contributed by atoms with van der Waals surface area (Å²) in [5.74, 6) is 0. The summed E-state index contributed by atoms with van der Waals surface area (Å²) in [5, 5.41) is 4.18. The molecule has 3 aromatic carbocycles. The molecule has 1 aromatic heterocycles. The lowest BCUT2D eigenvalue weighted by Gasteiger charge is -2.27. The molecule has 1 aliphatic rings. The third-order valence-electron chi connectivity index (χ3n) is 7.36. The molecule has 0 fully saturated rings. The van der Waals surface area contributed by atoms with Gasteiger partial charge in [-0.15, -0.1) is 0 Å². The molecule has 1 N–H and O–H groups in total. The number of hydrogen-bond donors (Lipinski definition) is 1. The molecule has 5 rings (SSSR count). The number of pyridine rings is 1. The van der Waals surface area contributed by atoms with Crippen molar-refractivity contribution in [1.29, 1.82) is 0 Å². The molecule has 0 amide bonds. The van der Waals surface area contributed by atoms with Crippen molar-refractivity contribution in [3.05, 3.63) is 143 Å². The summed E-state index contributed by atoms with van der Waals surface area (Å²) >= 11 is 6.76. The summed E-state index contributed by atoms with van der Waals surface area (Å²) in [6.45, 7) is 19.6. The molecule has 200 valence electrons. The van der Waals surface area contributed by atoms with Gasteiger partial charge in [0.25, 0.3) is 0 Å². The maximum Gasteiger partial charge on any atom is 0.0487 e. The highest BCUT2D eigenvalue weighted by Gasteiger charge is 2.20. The molecule has 4 heteroatoms. The molecule has 0 atom stereocenters. The van der Waals surface area contributed by atoms with Gasteiger partial charge in [0, 0.05) is 51.8 Å². The van der Waals surface area contributed by atoms with Crippen molar-refractivity contribution in [3.8, 4) is 0 Å². The monoisotopic (exact) mass is 543 g/mol. The van der Waals surface area contributed by atoms with Crippen LogP contribution in [0.25, 0.3) is 28.6 Å². The predicted octanol–water partition coefficient (Wildman–Crippen LogP) is 9.89. The first-order valence-corrected chi connectivity index (χ1v) is 13.8. The van der Waals surface area contributed by atoms with Crippen LogP contribution in [0.2, 0.25) is 5.02 Å². The largest absolute Gasteiger partial charge is 0.355 e. The van der Waals surface area contributed by atoms with E-state index in [0.717, 1.165) is 85.4 Å². The van der Waals surface area contributed by atoms with Crippen LogP contribution in [0.4, 0.5) is 11.4 Å². The van der Waals surface area contributed by atoms with Gasteiger partial charge in [-0.05, 0) is 97.0 Å². The number of allylic oxidation sites excluding steroid dienone is 1. The third kappa shape index (κ3) is 5.66. The van der Waals surface area contributed by atoms with E-state index in [0.29, 0.717) is 0 Å². The molecule has 0 spiro atoms. The number of benzene rings is 3. The Hall–Kier alpha value is -4.34. The molecule has 0 aliphatic carbocycles. The summed E-state index contributed by atoms with van der Waals surface area (Å²) in [6, 6.07) is 25.1. The van der Waals surface area contributed by atoms with Gasteiger partial charge in [-0.3, -0.25) is 4.98 Å². The maximum absolute atomic E-state index is 6.76.